The fourth-order valence-electron chi connectivity index (χ4n) is 2.90. The molecule has 0 spiro atoms. The third kappa shape index (κ3) is 3.54. The molecule has 2 nitrogen and oxygen atoms in total. The van der Waals surface area contributed by atoms with Crippen LogP contribution in [-0.4, -0.2) is 38.3 Å². The van der Waals surface area contributed by atoms with Gasteiger partial charge in [0.2, 0.25) is 0 Å². The van der Waals surface area contributed by atoms with E-state index in [0.29, 0.717) is 0 Å². The maximum atomic E-state index is 13.5. The molecule has 1 aliphatic rings. The van der Waals surface area contributed by atoms with E-state index in [1.807, 2.05) is 53.4 Å². The Morgan fingerprint density at radius 1 is 0.958 bits per heavy atom. The predicted octanol–water partition coefficient (Wildman–Crippen LogP) is 5.03. The second kappa shape index (κ2) is 6.69. The number of benzene rings is 2. The van der Waals surface area contributed by atoms with E-state index in [-0.39, 0.29) is 13.1 Å². The zero-order chi connectivity index (χ0) is 17.3. The van der Waals surface area contributed by atoms with E-state index in [9.17, 15) is 13.2 Å². The number of hydrogen-bond donors (Lipinski definition) is 0. The lowest BCUT2D eigenvalue weighted by atomic mass is 10.1. The number of halogens is 3. The van der Waals surface area contributed by atoms with Crippen LogP contribution in [0.15, 0.2) is 58.3 Å². The van der Waals surface area contributed by atoms with Crippen LogP contribution in [0.2, 0.25) is 0 Å². The first-order valence-electron chi connectivity index (χ1n) is 7.71. The predicted molar refractivity (Wildman–Crippen MR) is 92.1 cm³/mol. The normalized spacial score (nSPS) is 15.2. The van der Waals surface area contributed by atoms with E-state index >= 15 is 0 Å². The number of fused-ring (bicyclic) bond motifs is 2. The van der Waals surface area contributed by atoms with Gasteiger partial charge in [0.25, 0.3) is 0 Å². The molecule has 0 fully saturated rings. The molecule has 0 amide bonds. The molecule has 0 aromatic heterocycles. The standard InChI is InChI=1S/C18H19F3N2S/c1-22(2)11-13(18(19,20)21)12-23-14-7-3-5-9-16(14)24-17-10-6-4-8-15(17)23/h3-10,13H,11-12H2,1-2H3. The van der Waals surface area contributed by atoms with E-state index in [1.165, 1.54) is 0 Å². The first kappa shape index (κ1) is 17.2. The molecule has 0 aliphatic carbocycles. The molecule has 24 heavy (non-hydrogen) atoms. The Bertz CT molecular complexity index is 670. The topological polar surface area (TPSA) is 6.48 Å². The van der Waals surface area contributed by atoms with Crippen LogP contribution in [0.1, 0.15) is 0 Å². The van der Waals surface area contributed by atoms with Gasteiger partial charge in [-0.1, -0.05) is 36.0 Å². The van der Waals surface area contributed by atoms with Gasteiger partial charge in [-0.2, -0.15) is 13.2 Å². The summed E-state index contributed by atoms with van der Waals surface area (Å²) < 4.78 is 40.6. The number of nitrogens with zero attached hydrogens (tertiary/aromatic N) is 2. The van der Waals surface area contributed by atoms with E-state index < -0.39 is 12.1 Å². The van der Waals surface area contributed by atoms with Crippen molar-refractivity contribution in [3.8, 4) is 0 Å². The maximum absolute atomic E-state index is 13.5. The van der Waals surface area contributed by atoms with E-state index in [4.69, 9.17) is 0 Å². The average Bonchev–Trinajstić information content (AvgIpc) is 2.52. The third-order valence-electron chi connectivity index (χ3n) is 3.98. The number of rotatable bonds is 4. The van der Waals surface area contributed by atoms with Crippen LogP contribution in [0.25, 0.3) is 0 Å². The molecule has 1 unspecified atom stereocenters. The molecule has 2 aromatic rings. The van der Waals surface area contributed by atoms with Gasteiger partial charge in [0.15, 0.2) is 0 Å². The lowest BCUT2D eigenvalue weighted by Crippen LogP contribution is -2.41. The van der Waals surface area contributed by atoms with Crippen molar-refractivity contribution in [3.05, 3.63) is 48.5 Å². The molecule has 1 aliphatic heterocycles. The molecule has 2 aromatic carbocycles. The first-order valence-corrected chi connectivity index (χ1v) is 8.53. The van der Waals surface area contributed by atoms with Gasteiger partial charge in [-0.05, 0) is 38.4 Å². The van der Waals surface area contributed by atoms with Crippen LogP contribution in [0.4, 0.5) is 24.5 Å². The average molecular weight is 352 g/mol. The Balaban J connectivity index is 2.00. The van der Waals surface area contributed by atoms with Crippen molar-refractivity contribution in [1.82, 2.24) is 4.90 Å². The number of alkyl halides is 3. The summed E-state index contributed by atoms with van der Waals surface area (Å²) in [5, 5.41) is 0. The Hall–Kier alpha value is -1.66. The fourth-order valence-corrected chi connectivity index (χ4v) is 4.00. The zero-order valence-electron chi connectivity index (χ0n) is 13.5. The van der Waals surface area contributed by atoms with Gasteiger partial charge in [-0.15, -0.1) is 0 Å². The molecule has 1 atom stereocenters. The molecule has 0 bridgehead atoms. The molecule has 0 N–H and O–H groups in total. The van der Waals surface area contributed by atoms with Crippen LogP contribution in [0.3, 0.4) is 0 Å². The minimum atomic E-state index is -4.24. The fraction of sp³-hybridized carbons (Fsp3) is 0.333. The molecular formula is C18H19F3N2S. The molecule has 6 heteroatoms. The van der Waals surface area contributed by atoms with Crippen molar-refractivity contribution in [3.63, 3.8) is 0 Å². The molecule has 0 saturated carbocycles. The molecule has 1 heterocycles. The minimum Gasteiger partial charge on any atom is -0.339 e. The second-order valence-corrected chi connectivity index (χ2v) is 7.23. The molecule has 128 valence electrons. The summed E-state index contributed by atoms with van der Waals surface area (Å²) in [7, 11) is 3.35. The molecular weight excluding hydrogens is 333 g/mol. The highest BCUT2D eigenvalue weighted by Gasteiger charge is 2.42. The summed E-state index contributed by atoms with van der Waals surface area (Å²) in [5.41, 5.74) is 1.68. The van der Waals surface area contributed by atoms with Crippen molar-refractivity contribution >= 4 is 23.1 Å². The van der Waals surface area contributed by atoms with Crippen molar-refractivity contribution in [1.29, 1.82) is 0 Å². The van der Waals surface area contributed by atoms with Crippen molar-refractivity contribution in [2.75, 3.05) is 32.1 Å². The van der Waals surface area contributed by atoms with Gasteiger partial charge in [0.1, 0.15) is 0 Å². The highest BCUT2D eigenvalue weighted by molar-refractivity contribution is 7.99. The van der Waals surface area contributed by atoms with Gasteiger partial charge < -0.3 is 9.80 Å². The van der Waals surface area contributed by atoms with Crippen LogP contribution < -0.4 is 4.90 Å². The quantitative estimate of drug-likeness (QED) is 0.762. The molecule has 3 rings (SSSR count). The van der Waals surface area contributed by atoms with Crippen molar-refractivity contribution < 1.29 is 13.2 Å². The van der Waals surface area contributed by atoms with Crippen molar-refractivity contribution in [2.45, 2.75) is 16.0 Å². The summed E-state index contributed by atoms with van der Waals surface area (Å²) in [6.45, 7) is -0.117. The van der Waals surface area contributed by atoms with Gasteiger partial charge in [-0.3, -0.25) is 0 Å². The Kier molecular flexibility index (Phi) is 4.78. The Morgan fingerprint density at radius 3 is 1.92 bits per heavy atom. The highest BCUT2D eigenvalue weighted by Crippen LogP contribution is 2.48. The molecule has 0 radical (unpaired) electrons. The Morgan fingerprint density at radius 2 is 1.46 bits per heavy atom. The third-order valence-corrected chi connectivity index (χ3v) is 5.11. The maximum Gasteiger partial charge on any atom is 0.394 e. The van der Waals surface area contributed by atoms with E-state index in [0.717, 1.165) is 21.2 Å². The lowest BCUT2D eigenvalue weighted by molar-refractivity contribution is -0.174. The van der Waals surface area contributed by atoms with E-state index in [2.05, 4.69) is 0 Å². The van der Waals surface area contributed by atoms with Crippen LogP contribution in [0, 0.1) is 5.92 Å². The monoisotopic (exact) mass is 352 g/mol. The number of hydrogen-bond acceptors (Lipinski definition) is 3. The van der Waals surface area contributed by atoms with E-state index in [1.54, 1.807) is 30.8 Å². The zero-order valence-corrected chi connectivity index (χ0v) is 14.4. The first-order chi connectivity index (χ1) is 11.4. The lowest BCUT2D eigenvalue weighted by Gasteiger charge is -2.36. The summed E-state index contributed by atoms with van der Waals surface area (Å²) in [6, 6.07) is 15.3. The van der Waals surface area contributed by atoms with Crippen molar-refractivity contribution in [2.24, 2.45) is 5.92 Å². The largest absolute Gasteiger partial charge is 0.394 e. The van der Waals surface area contributed by atoms with Gasteiger partial charge >= 0.3 is 6.18 Å². The summed E-state index contributed by atoms with van der Waals surface area (Å²) in [4.78, 5) is 5.38. The Labute approximate surface area is 144 Å². The van der Waals surface area contributed by atoms with Gasteiger partial charge in [0, 0.05) is 22.9 Å². The second-order valence-electron chi connectivity index (χ2n) is 6.15. The SMILES string of the molecule is CN(C)CC(CN1c2ccccc2Sc2ccccc21)C(F)(F)F. The molecule has 0 saturated heterocycles. The van der Waals surface area contributed by atoms with Gasteiger partial charge in [0.05, 0.1) is 17.3 Å². The smallest absolute Gasteiger partial charge is 0.339 e. The number of anilines is 2. The summed E-state index contributed by atoms with van der Waals surface area (Å²) >= 11 is 1.60. The minimum absolute atomic E-state index is 0.0303. The summed E-state index contributed by atoms with van der Waals surface area (Å²) in [5.74, 6) is -1.42. The van der Waals surface area contributed by atoms with Crippen LogP contribution in [-0.2, 0) is 0 Å². The van der Waals surface area contributed by atoms with Gasteiger partial charge in [-0.25, -0.2) is 0 Å². The number of para-hydroxylation sites is 2. The van der Waals surface area contributed by atoms with Crippen LogP contribution >= 0.6 is 11.8 Å². The highest BCUT2D eigenvalue weighted by atomic mass is 32.2. The van der Waals surface area contributed by atoms with Crippen LogP contribution in [0.5, 0.6) is 0 Å². The summed E-state index contributed by atoms with van der Waals surface area (Å²) in [6.07, 6.45) is -4.24.